The first-order chi connectivity index (χ1) is 11.7. The Hall–Kier alpha value is -3.00. The second kappa shape index (κ2) is 5.57. The third-order valence-corrected chi connectivity index (χ3v) is 4.50. The summed E-state index contributed by atoms with van der Waals surface area (Å²) in [7, 11) is 0. The van der Waals surface area contributed by atoms with Crippen LogP contribution < -0.4 is 10.4 Å². The van der Waals surface area contributed by atoms with Crippen molar-refractivity contribution in [3.8, 4) is 6.07 Å². The molecule has 4 rings (SSSR count). The molecule has 4 nitrogen and oxygen atoms in total. The zero-order chi connectivity index (χ0) is 16.7. The van der Waals surface area contributed by atoms with E-state index < -0.39 is 0 Å². The standard InChI is InChI=1S/C19H14FN3O/c20-13-7-5-11(6-8-13)19-18-14-3-1-2-4-16(24)17(14)12(10-21)9-15(18)22-23-19/h3,5-9,19,24H,1-2,4H2. The Balaban J connectivity index is 2.03. The summed E-state index contributed by atoms with van der Waals surface area (Å²) in [5.74, 6) is -0.0621. The van der Waals surface area contributed by atoms with E-state index in [-0.39, 0.29) is 17.6 Å². The van der Waals surface area contributed by atoms with Crippen LogP contribution in [0.3, 0.4) is 0 Å². The Labute approximate surface area is 137 Å². The van der Waals surface area contributed by atoms with Gasteiger partial charge in [-0.1, -0.05) is 18.2 Å². The fraction of sp³-hybridized carbons (Fsp3) is 0.211. The van der Waals surface area contributed by atoms with Gasteiger partial charge in [0, 0.05) is 17.2 Å². The molecule has 0 aromatic heterocycles. The normalized spacial score (nSPS) is 18.3. The molecule has 24 heavy (non-hydrogen) atoms. The highest BCUT2D eigenvalue weighted by molar-refractivity contribution is 5.62. The molecular weight excluding hydrogens is 305 g/mol. The highest BCUT2D eigenvalue weighted by atomic mass is 19.1. The van der Waals surface area contributed by atoms with Gasteiger partial charge in [-0.3, -0.25) is 0 Å². The number of fused-ring (bicyclic) bond motifs is 3. The molecule has 0 saturated heterocycles. The van der Waals surface area contributed by atoms with Gasteiger partial charge in [-0.05, 0) is 41.8 Å². The zero-order valence-electron chi connectivity index (χ0n) is 12.8. The maximum Gasteiger partial charge on any atom is 0.124 e. The molecule has 0 saturated carbocycles. The van der Waals surface area contributed by atoms with Crippen LogP contribution in [0, 0.1) is 17.1 Å². The van der Waals surface area contributed by atoms with Crippen LogP contribution >= 0.6 is 0 Å². The van der Waals surface area contributed by atoms with Crippen LogP contribution in [-0.2, 0) is 0 Å². The van der Waals surface area contributed by atoms with Crippen molar-refractivity contribution in [1.29, 1.82) is 5.26 Å². The lowest BCUT2D eigenvalue weighted by atomic mass is 9.93. The monoisotopic (exact) mass is 319 g/mol. The third-order valence-electron chi connectivity index (χ3n) is 4.50. The summed E-state index contributed by atoms with van der Waals surface area (Å²) in [6.07, 6.45) is 4.24. The van der Waals surface area contributed by atoms with Crippen molar-refractivity contribution in [1.82, 2.24) is 0 Å². The molecular formula is C19H14FN3O. The average molecular weight is 319 g/mol. The van der Waals surface area contributed by atoms with E-state index in [0.29, 0.717) is 22.9 Å². The van der Waals surface area contributed by atoms with Gasteiger partial charge in [-0.2, -0.15) is 15.5 Å². The number of nitriles is 1. The molecule has 0 amide bonds. The van der Waals surface area contributed by atoms with Gasteiger partial charge in [-0.25, -0.2) is 4.39 Å². The quantitative estimate of drug-likeness (QED) is 0.874. The summed E-state index contributed by atoms with van der Waals surface area (Å²) in [6.45, 7) is 0. The number of benzene rings is 2. The third kappa shape index (κ3) is 2.19. The van der Waals surface area contributed by atoms with Gasteiger partial charge >= 0.3 is 0 Å². The van der Waals surface area contributed by atoms with E-state index in [2.05, 4.69) is 16.3 Å². The Morgan fingerprint density at radius 1 is 1.25 bits per heavy atom. The molecule has 118 valence electrons. The molecule has 2 aromatic carbocycles. The smallest absolute Gasteiger partial charge is 0.124 e. The highest BCUT2D eigenvalue weighted by Crippen LogP contribution is 2.37. The van der Waals surface area contributed by atoms with Gasteiger partial charge in [0.25, 0.3) is 0 Å². The van der Waals surface area contributed by atoms with E-state index in [1.807, 2.05) is 6.08 Å². The van der Waals surface area contributed by atoms with Crippen molar-refractivity contribution in [2.24, 2.45) is 10.2 Å². The first-order valence-electron chi connectivity index (χ1n) is 7.84. The molecule has 0 fully saturated rings. The fourth-order valence-electron chi connectivity index (χ4n) is 3.38. The maximum atomic E-state index is 13.2. The van der Waals surface area contributed by atoms with Gasteiger partial charge in [0.1, 0.15) is 17.6 Å². The summed E-state index contributed by atoms with van der Waals surface area (Å²) < 4.78 is 13.2. The van der Waals surface area contributed by atoms with E-state index >= 15 is 0 Å². The highest BCUT2D eigenvalue weighted by Gasteiger charge is 2.26. The minimum Gasteiger partial charge on any atom is -0.512 e. The number of halogens is 1. The molecule has 0 radical (unpaired) electrons. The minimum absolute atomic E-state index is 0.239. The average Bonchev–Trinajstić information content (AvgIpc) is 2.92. The van der Waals surface area contributed by atoms with Gasteiger partial charge in [-0.15, -0.1) is 0 Å². The predicted octanol–water partition coefficient (Wildman–Crippen LogP) is 3.51. The first-order valence-corrected chi connectivity index (χ1v) is 7.84. The Morgan fingerprint density at radius 2 is 2.04 bits per heavy atom. The van der Waals surface area contributed by atoms with Crippen molar-refractivity contribution in [3.05, 3.63) is 63.3 Å². The number of nitrogens with zero attached hydrogens (tertiary/aromatic N) is 3. The van der Waals surface area contributed by atoms with E-state index in [1.54, 1.807) is 18.2 Å². The van der Waals surface area contributed by atoms with Crippen LogP contribution in [-0.4, -0.2) is 5.11 Å². The molecule has 2 aliphatic rings. The van der Waals surface area contributed by atoms with Gasteiger partial charge < -0.3 is 5.11 Å². The van der Waals surface area contributed by atoms with Crippen molar-refractivity contribution in [2.45, 2.75) is 25.3 Å². The van der Waals surface area contributed by atoms with Crippen LogP contribution in [0.4, 0.5) is 10.1 Å². The first kappa shape index (κ1) is 14.6. The number of rotatable bonds is 1. The van der Waals surface area contributed by atoms with Crippen LogP contribution in [0.2, 0.25) is 0 Å². The minimum atomic E-state index is -0.343. The molecule has 1 aliphatic carbocycles. The second-order valence-corrected chi connectivity index (χ2v) is 5.97. The zero-order valence-corrected chi connectivity index (χ0v) is 12.8. The van der Waals surface area contributed by atoms with E-state index in [9.17, 15) is 14.8 Å². The SMILES string of the molecule is N#Cc1cc2c(c3c1=C(O)CCCC=3)C(c1ccc(F)cc1)N=N2. The number of aliphatic hydroxyl groups excluding tert-OH is 1. The number of hydrogen-bond donors (Lipinski definition) is 1. The Kier molecular flexibility index (Phi) is 3.39. The molecule has 0 spiro atoms. The van der Waals surface area contributed by atoms with Crippen LogP contribution in [0.15, 0.2) is 40.6 Å². The summed E-state index contributed by atoms with van der Waals surface area (Å²) in [4.78, 5) is 0. The maximum absolute atomic E-state index is 13.2. The molecule has 1 N–H and O–H groups in total. The summed E-state index contributed by atoms with van der Waals surface area (Å²) in [5, 5.41) is 29.8. The Morgan fingerprint density at radius 3 is 2.79 bits per heavy atom. The second-order valence-electron chi connectivity index (χ2n) is 5.97. The predicted molar refractivity (Wildman–Crippen MR) is 87.5 cm³/mol. The largest absolute Gasteiger partial charge is 0.512 e. The van der Waals surface area contributed by atoms with Gasteiger partial charge in [0.15, 0.2) is 0 Å². The summed E-state index contributed by atoms with van der Waals surface area (Å²) >= 11 is 0. The molecule has 1 aliphatic heterocycles. The van der Waals surface area contributed by atoms with Crippen molar-refractivity contribution >= 4 is 17.5 Å². The van der Waals surface area contributed by atoms with Crippen LogP contribution in [0.1, 0.15) is 42.0 Å². The van der Waals surface area contributed by atoms with Crippen LogP contribution in [0.5, 0.6) is 0 Å². The van der Waals surface area contributed by atoms with Crippen molar-refractivity contribution in [2.75, 3.05) is 0 Å². The molecule has 1 atom stereocenters. The summed E-state index contributed by atoms with van der Waals surface area (Å²) in [5.41, 5.74) is 2.77. The van der Waals surface area contributed by atoms with Crippen molar-refractivity contribution < 1.29 is 9.50 Å². The summed E-state index contributed by atoms with van der Waals surface area (Å²) in [6, 6.07) is 9.68. The molecule has 1 unspecified atom stereocenters. The van der Waals surface area contributed by atoms with E-state index in [4.69, 9.17) is 0 Å². The topological polar surface area (TPSA) is 68.7 Å². The molecule has 5 heteroatoms. The molecule has 2 aromatic rings. The fourth-order valence-corrected chi connectivity index (χ4v) is 3.38. The lowest BCUT2D eigenvalue weighted by Gasteiger charge is -2.11. The molecule has 1 heterocycles. The number of azo groups is 1. The van der Waals surface area contributed by atoms with E-state index in [0.717, 1.165) is 29.2 Å². The van der Waals surface area contributed by atoms with Crippen molar-refractivity contribution in [3.63, 3.8) is 0 Å². The molecule has 0 bridgehead atoms. The van der Waals surface area contributed by atoms with Gasteiger partial charge in [0.2, 0.25) is 0 Å². The van der Waals surface area contributed by atoms with Gasteiger partial charge in [0.05, 0.1) is 17.3 Å². The lowest BCUT2D eigenvalue weighted by molar-refractivity contribution is 0.475. The lowest BCUT2D eigenvalue weighted by Crippen LogP contribution is -2.33. The number of aliphatic hydroxyl groups is 1. The van der Waals surface area contributed by atoms with E-state index in [1.165, 1.54) is 12.1 Å². The van der Waals surface area contributed by atoms with Crippen LogP contribution in [0.25, 0.3) is 11.8 Å². The Bertz CT molecular complexity index is 1020. The number of hydrogen-bond acceptors (Lipinski definition) is 4.